The van der Waals surface area contributed by atoms with E-state index in [1.807, 2.05) is 30.3 Å². The number of aromatic nitrogens is 2. The average molecular weight is 337 g/mol. The molecule has 126 valence electrons. The Morgan fingerprint density at radius 1 is 1.00 bits per heavy atom. The SMILES string of the molecule is Cn1nc(C(=O)N[C@@H](c2ccccc2)c2ccc(F)cc2)ccc1=O. The molecule has 2 aromatic carbocycles. The minimum absolute atomic E-state index is 0.130. The Morgan fingerprint density at radius 3 is 2.28 bits per heavy atom. The Morgan fingerprint density at radius 2 is 1.64 bits per heavy atom. The fourth-order valence-electron chi connectivity index (χ4n) is 2.49. The molecule has 0 saturated heterocycles. The molecular weight excluding hydrogens is 321 g/mol. The Bertz CT molecular complexity index is 937. The van der Waals surface area contributed by atoms with Crippen molar-refractivity contribution in [3.05, 3.63) is 99.7 Å². The highest BCUT2D eigenvalue weighted by Gasteiger charge is 2.19. The lowest BCUT2D eigenvalue weighted by Gasteiger charge is -2.19. The number of rotatable bonds is 4. The molecular formula is C19H16FN3O2. The zero-order valence-corrected chi connectivity index (χ0v) is 13.5. The molecule has 3 aromatic rings. The van der Waals surface area contributed by atoms with Crippen LogP contribution in [0.25, 0.3) is 0 Å². The van der Waals surface area contributed by atoms with E-state index in [9.17, 15) is 14.0 Å². The summed E-state index contributed by atoms with van der Waals surface area (Å²) in [6.07, 6.45) is 0. The van der Waals surface area contributed by atoms with E-state index < -0.39 is 11.9 Å². The number of nitrogens with zero attached hydrogens (tertiary/aromatic N) is 2. The van der Waals surface area contributed by atoms with Crippen LogP contribution < -0.4 is 10.9 Å². The lowest BCUT2D eigenvalue weighted by molar-refractivity contribution is 0.0935. The maximum absolute atomic E-state index is 13.2. The first-order valence-corrected chi connectivity index (χ1v) is 7.70. The molecule has 0 bridgehead atoms. The van der Waals surface area contributed by atoms with E-state index in [-0.39, 0.29) is 17.1 Å². The van der Waals surface area contributed by atoms with Gasteiger partial charge in [0.1, 0.15) is 11.5 Å². The van der Waals surface area contributed by atoms with E-state index in [2.05, 4.69) is 10.4 Å². The highest BCUT2D eigenvalue weighted by molar-refractivity contribution is 5.92. The lowest BCUT2D eigenvalue weighted by Crippen LogP contribution is -2.32. The molecule has 1 N–H and O–H groups in total. The van der Waals surface area contributed by atoms with E-state index in [0.717, 1.165) is 15.8 Å². The topological polar surface area (TPSA) is 64.0 Å². The van der Waals surface area contributed by atoms with E-state index in [1.165, 1.54) is 31.3 Å². The molecule has 5 nitrogen and oxygen atoms in total. The summed E-state index contributed by atoms with van der Waals surface area (Å²) in [4.78, 5) is 24.0. The fourth-order valence-corrected chi connectivity index (χ4v) is 2.49. The van der Waals surface area contributed by atoms with Crippen molar-refractivity contribution in [1.29, 1.82) is 0 Å². The van der Waals surface area contributed by atoms with Crippen molar-refractivity contribution in [2.45, 2.75) is 6.04 Å². The van der Waals surface area contributed by atoms with Gasteiger partial charge in [0.15, 0.2) is 0 Å². The van der Waals surface area contributed by atoms with Crippen molar-refractivity contribution in [2.24, 2.45) is 7.05 Å². The third-order valence-corrected chi connectivity index (χ3v) is 3.80. The van der Waals surface area contributed by atoms with E-state index in [4.69, 9.17) is 0 Å². The highest BCUT2D eigenvalue weighted by atomic mass is 19.1. The zero-order chi connectivity index (χ0) is 17.8. The van der Waals surface area contributed by atoms with Crippen LogP contribution in [-0.2, 0) is 7.05 Å². The van der Waals surface area contributed by atoms with Crippen LogP contribution in [0.2, 0.25) is 0 Å². The molecule has 0 fully saturated rings. The molecule has 1 atom stereocenters. The number of hydrogen-bond acceptors (Lipinski definition) is 3. The predicted octanol–water partition coefficient (Wildman–Crippen LogP) is 2.44. The molecule has 1 amide bonds. The summed E-state index contributed by atoms with van der Waals surface area (Å²) in [5.74, 6) is -0.768. The molecule has 6 heteroatoms. The van der Waals surface area contributed by atoms with E-state index in [1.54, 1.807) is 12.1 Å². The van der Waals surface area contributed by atoms with Crippen LogP contribution in [0, 0.1) is 5.82 Å². The first-order chi connectivity index (χ1) is 12.0. The summed E-state index contributed by atoms with van der Waals surface area (Å²) in [6, 6.07) is 17.5. The minimum Gasteiger partial charge on any atom is -0.340 e. The Labute approximate surface area is 143 Å². The average Bonchev–Trinajstić information content (AvgIpc) is 2.63. The van der Waals surface area contributed by atoms with Crippen LogP contribution in [0.3, 0.4) is 0 Å². The van der Waals surface area contributed by atoms with Gasteiger partial charge in [-0.1, -0.05) is 42.5 Å². The van der Waals surface area contributed by atoms with Gasteiger partial charge in [-0.15, -0.1) is 0 Å². The Kier molecular flexibility index (Phi) is 4.70. The van der Waals surface area contributed by atoms with Crippen molar-refractivity contribution in [1.82, 2.24) is 15.1 Å². The molecule has 0 aliphatic carbocycles. The van der Waals surface area contributed by atoms with Gasteiger partial charge in [-0.05, 0) is 29.3 Å². The van der Waals surface area contributed by atoms with Crippen LogP contribution >= 0.6 is 0 Å². The van der Waals surface area contributed by atoms with Crippen LogP contribution in [0.5, 0.6) is 0 Å². The first-order valence-electron chi connectivity index (χ1n) is 7.70. The Balaban J connectivity index is 1.94. The first kappa shape index (κ1) is 16.6. The number of benzene rings is 2. The highest BCUT2D eigenvalue weighted by Crippen LogP contribution is 2.22. The summed E-state index contributed by atoms with van der Waals surface area (Å²) < 4.78 is 14.3. The smallest absolute Gasteiger partial charge is 0.272 e. The summed E-state index contributed by atoms with van der Waals surface area (Å²) in [5, 5.41) is 6.85. The van der Waals surface area contributed by atoms with Crippen LogP contribution in [0.1, 0.15) is 27.7 Å². The third-order valence-electron chi connectivity index (χ3n) is 3.80. The second kappa shape index (κ2) is 7.09. The summed E-state index contributed by atoms with van der Waals surface area (Å²) in [5.41, 5.74) is 1.43. The van der Waals surface area contributed by atoms with Gasteiger partial charge in [0.25, 0.3) is 11.5 Å². The number of carbonyl (C=O) groups is 1. The number of aryl methyl sites for hydroxylation is 1. The van der Waals surface area contributed by atoms with Gasteiger partial charge in [-0.3, -0.25) is 9.59 Å². The number of nitrogens with one attached hydrogen (secondary N) is 1. The molecule has 0 unspecified atom stereocenters. The molecule has 3 rings (SSSR count). The van der Waals surface area contributed by atoms with Gasteiger partial charge in [-0.25, -0.2) is 9.07 Å². The molecule has 0 spiro atoms. The number of halogens is 1. The van der Waals surface area contributed by atoms with E-state index >= 15 is 0 Å². The van der Waals surface area contributed by atoms with Crippen LogP contribution in [0.4, 0.5) is 4.39 Å². The number of carbonyl (C=O) groups excluding carboxylic acids is 1. The molecule has 0 aliphatic heterocycles. The standard InChI is InChI=1S/C19H16FN3O2/c1-23-17(24)12-11-16(22-23)19(25)21-18(13-5-3-2-4-6-13)14-7-9-15(20)10-8-14/h2-12,18H,1H3,(H,21,25)/t18-/m0/s1. The fraction of sp³-hybridized carbons (Fsp3) is 0.105. The van der Waals surface area contributed by atoms with Crippen molar-refractivity contribution in [2.75, 3.05) is 0 Å². The predicted molar refractivity (Wildman–Crippen MR) is 91.6 cm³/mol. The van der Waals surface area contributed by atoms with Gasteiger partial charge in [0, 0.05) is 13.1 Å². The quantitative estimate of drug-likeness (QED) is 0.795. The minimum atomic E-state index is -0.465. The molecule has 25 heavy (non-hydrogen) atoms. The largest absolute Gasteiger partial charge is 0.340 e. The van der Waals surface area contributed by atoms with Gasteiger partial charge < -0.3 is 5.32 Å². The maximum Gasteiger partial charge on any atom is 0.272 e. The van der Waals surface area contributed by atoms with Crippen molar-refractivity contribution in [3.8, 4) is 0 Å². The molecule has 1 aromatic heterocycles. The molecule has 0 radical (unpaired) electrons. The van der Waals surface area contributed by atoms with Crippen LogP contribution in [-0.4, -0.2) is 15.7 Å². The summed E-state index contributed by atoms with van der Waals surface area (Å²) in [6.45, 7) is 0. The Hall–Kier alpha value is -3.28. The molecule has 0 aliphatic rings. The van der Waals surface area contributed by atoms with Gasteiger partial charge in [-0.2, -0.15) is 5.10 Å². The van der Waals surface area contributed by atoms with Gasteiger partial charge >= 0.3 is 0 Å². The summed E-state index contributed by atoms with van der Waals surface area (Å²) >= 11 is 0. The van der Waals surface area contributed by atoms with Crippen LogP contribution in [0.15, 0.2) is 71.5 Å². The number of hydrogen-bond donors (Lipinski definition) is 1. The lowest BCUT2D eigenvalue weighted by atomic mass is 9.98. The number of amides is 1. The van der Waals surface area contributed by atoms with Crippen molar-refractivity contribution < 1.29 is 9.18 Å². The van der Waals surface area contributed by atoms with Crippen molar-refractivity contribution in [3.63, 3.8) is 0 Å². The molecule has 1 heterocycles. The second-order valence-electron chi connectivity index (χ2n) is 5.55. The third kappa shape index (κ3) is 3.80. The van der Waals surface area contributed by atoms with E-state index in [0.29, 0.717) is 0 Å². The zero-order valence-electron chi connectivity index (χ0n) is 13.5. The van der Waals surface area contributed by atoms with Crippen molar-refractivity contribution >= 4 is 5.91 Å². The normalized spacial score (nSPS) is 11.8. The van der Waals surface area contributed by atoms with Gasteiger partial charge in [0.2, 0.25) is 0 Å². The second-order valence-corrected chi connectivity index (χ2v) is 5.55. The van der Waals surface area contributed by atoms with Gasteiger partial charge in [0.05, 0.1) is 6.04 Å². The monoisotopic (exact) mass is 337 g/mol. The maximum atomic E-state index is 13.2. The molecule has 0 saturated carbocycles. The summed E-state index contributed by atoms with van der Waals surface area (Å²) in [7, 11) is 1.48.